The highest BCUT2D eigenvalue weighted by atomic mass is 35.5. The van der Waals surface area contributed by atoms with Gasteiger partial charge in [0.2, 0.25) is 5.91 Å². The molecule has 2 N–H and O–H groups in total. The van der Waals surface area contributed by atoms with E-state index in [0.29, 0.717) is 10.7 Å². The van der Waals surface area contributed by atoms with Crippen molar-refractivity contribution in [3.05, 3.63) is 64.2 Å². The number of nitrogens with one attached hydrogen (secondary N) is 2. The van der Waals surface area contributed by atoms with Gasteiger partial charge in [-0.2, -0.15) is 0 Å². The van der Waals surface area contributed by atoms with Crippen LogP contribution in [0.4, 0.5) is 14.5 Å². The van der Waals surface area contributed by atoms with Crippen molar-refractivity contribution in [1.82, 2.24) is 5.32 Å². The van der Waals surface area contributed by atoms with Crippen LogP contribution >= 0.6 is 11.6 Å². The van der Waals surface area contributed by atoms with Crippen molar-refractivity contribution in [2.45, 2.75) is 26.8 Å². The predicted octanol–water partition coefficient (Wildman–Crippen LogP) is 4.32. The van der Waals surface area contributed by atoms with Gasteiger partial charge in [-0.15, -0.1) is 0 Å². The molecule has 0 spiro atoms. The zero-order valence-electron chi connectivity index (χ0n) is 14.6. The van der Waals surface area contributed by atoms with Gasteiger partial charge in [0.15, 0.2) is 0 Å². The molecule has 0 saturated carbocycles. The lowest BCUT2D eigenvalue weighted by molar-refractivity contribution is -0.118. The van der Waals surface area contributed by atoms with Crippen LogP contribution in [0.5, 0.6) is 0 Å². The molecule has 0 bridgehead atoms. The molecule has 0 aliphatic carbocycles. The molecule has 0 fully saturated rings. The Morgan fingerprint density at radius 1 is 1.08 bits per heavy atom. The number of benzene rings is 2. The summed E-state index contributed by atoms with van der Waals surface area (Å²) >= 11 is 6.03. The first-order valence-corrected chi connectivity index (χ1v) is 8.40. The molecule has 2 aromatic rings. The first-order chi connectivity index (χ1) is 12.2. The van der Waals surface area contributed by atoms with Crippen LogP contribution in [0, 0.1) is 24.5 Å². The zero-order chi connectivity index (χ0) is 19.4. The third kappa shape index (κ3) is 4.58. The van der Waals surface area contributed by atoms with E-state index in [1.807, 2.05) is 6.92 Å². The van der Waals surface area contributed by atoms with Crippen LogP contribution in [-0.4, -0.2) is 17.9 Å². The van der Waals surface area contributed by atoms with Crippen molar-refractivity contribution in [2.75, 3.05) is 5.32 Å². The van der Waals surface area contributed by atoms with Crippen LogP contribution in [0.1, 0.15) is 29.8 Å². The maximum absolute atomic E-state index is 13.8. The zero-order valence-corrected chi connectivity index (χ0v) is 15.3. The number of amides is 2. The Labute approximate surface area is 155 Å². The molecule has 26 heavy (non-hydrogen) atoms. The predicted molar refractivity (Wildman–Crippen MR) is 97.3 cm³/mol. The molecule has 4 nitrogen and oxygen atoms in total. The Morgan fingerprint density at radius 2 is 1.69 bits per heavy atom. The van der Waals surface area contributed by atoms with Crippen molar-refractivity contribution in [2.24, 2.45) is 5.92 Å². The molecule has 0 saturated heterocycles. The Balaban J connectivity index is 2.18. The van der Waals surface area contributed by atoms with Crippen LogP contribution in [0.3, 0.4) is 0 Å². The summed E-state index contributed by atoms with van der Waals surface area (Å²) in [6.45, 7) is 5.25. The molecular weight excluding hydrogens is 362 g/mol. The molecule has 2 amide bonds. The third-order valence-electron chi connectivity index (χ3n) is 3.86. The van der Waals surface area contributed by atoms with Crippen molar-refractivity contribution < 1.29 is 18.4 Å². The van der Waals surface area contributed by atoms with Crippen molar-refractivity contribution in [1.29, 1.82) is 0 Å². The Bertz CT molecular complexity index is 820. The maximum atomic E-state index is 13.8. The highest BCUT2D eigenvalue weighted by Gasteiger charge is 2.27. The highest BCUT2D eigenvalue weighted by Crippen LogP contribution is 2.20. The van der Waals surface area contributed by atoms with Gasteiger partial charge in [-0.1, -0.05) is 37.6 Å². The lowest BCUT2D eigenvalue weighted by Gasteiger charge is -2.22. The summed E-state index contributed by atoms with van der Waals surface area (Å²) in [7, 11) is 0. The molecule has 2 rings (SSSR count). The molecule has 0 radical (unpaired) electrons. The largest absolute Gasteiger partial charge is 0.340 e. The van der Waals surface area contributed by atoms with E-state index in [-0.39, 0.29) is 5.92 Å². The van der Waals surface area contributed by atoms with Gasteiger partial charge in [0, 0.05) is 10.7 Å². The van der Waals surface area contributed by atoms with Gasteiger partial charge in [0.1, 0.15) is 23.2 Å². The van der Waals surface area contributed by atoms with Gasteiger partial charge in [0.25, 0.3) is 5.91 Å². The topological polar surface area (TPSA) is 58.2 Å². The van der Waals surface area contributed by atoms with Crippen LogP contribution in [-0.2, 0) is 4.79 Å². The van der Waals surface area contributed by atoms with Crippen LogP contribution in [0.2, 0.25) is 5.02 Å². The summed E-state index contributed by atoms with van der Waals surface area (Å²) in [4.78, 5) is 24.8. The summed E-state index contributed by atoms with van der Waals surface area (Å²) in [6, 6.07) is 7.15. The SMILES string of the molecule is Cc1ccc(NC(=O)[C@@H](NC(=O)c2c(F)cccc2F)C(C)C)cc1Cl. The first-order valence-electron chi connectivity index (χ1n) is 8.02. The second-order valence-corrected chi connectivity index (χ2v) is 6.65. The number of hydrogen-bond donors (Lipinski definition) is 2. The van der Waals surface area contributed by atoms with E-state index < -0.39 is 35.1 Å². The first kappa shape index (κ1) is 19.8. The normalized spacial score (nSPS) is 12.0. The average molecular weight is 381 g/mol. The van der Waals surface area contributed by atoms with E-state index in [4.69, 9.17) is 11.6 Å². The lowest BCUT2D eigenvalue weighted by Crippen LogP contribution is -2.47. The van der Waals surface area contributed by atoms with E-state index in [1.165, 1.54) is 0 Å². The average Bonchev–Trinajstić information content (AvgIpc) is 2.55. The molecule has 0 aliphatic rings. The van der Waals surface area contributed by atoms with Gasteiger partial charge in [-0.05, 0) is 42.7 Å². The number of carbonyl (C=O) groups excluding carboxylic acids is 2. The van der Waals surface area contributed by atoms with E-state index in [2.05, 4.69) is 10.6 Å². The summed E-state index contributed by atoms with van der Waals surface area (Å²) in [5.74, 6) is -3.79. The Kier molecular flexibility index (Phi) is 6.32. The number of aryl methyl sites for hydroxylation is 1. The standard InChI is InChI=1S/C19H19ClF2N2O2/c1-10(2)17(19(26)23-12-8-7-11(3)13(20)9-12)24-18(25)16-14(21)5-4-6-15(16)22/h4-10,17H,1-3H3,(H,23,26)(H,24,25)/t17-/m0/s1. The van der Waals surface area contributed by atoms with E-state index in [1.54, 1.807) is 32.0 Å². The molecule has 0 unspecified atom stereocenters. The van der Waals surface area contributed by atoms with Crippen LogP contribution in [0.15, 0.2) is 36.4 Å². The number of halogens is 3. The molecule has 0 aromatic heterocycles. The minimum atomic E-state index is -0.990. The van der Waals surface area contributed by atoms with E-state index in [9.17, 15) is 18.4 Å². The highest BCUT2D eigenvalue weighted by molar-refractivity contribution is 6.31. The molecule has 1 atom stereocenters. The second kappa shape index (κ2) is 8.27. The minimum Gasteiger partial charge on any atom is -0.340 e. The second-order valence-electron chi connectivity index (χ2n) is 6.25. The fourth-order valence-electron chi connectivity index (χ4n) is 2.35. The third-order valence-corrected chi connectivity index (χ3v) is 4.27. The van der Waals surface area contributed by atoms with Crippen molar-refractivity contribution in [3.63, 3.8) is 0 Å². The number of rotatable bonds is 5. The Hall–Kier alpha value is -2.47. The van der Waals surface area contributed by atoms with Gasteiger partial charge in [-0.3, -0.25) is 9.59 Å². The van der Waals surface area contributed by atoms with Crippen molar-refractivity contribution >= 4 is 29.1 Å². The fourth-order valence-corrected chi connectivity index (χ4v) is 2.53. The van der Waals surface area contributed by atoms with Crippen LogP contribution < -0.4 is 10.6 Å². The molecule has 7 heteroatoms. The molecule has 0 aliphatic heterocycles. The maximum Gasteiger partial charge on any atom is 0.257 e. The van der Waals surface area contributed by atoms with Gasteiger partial charge in [0.05, 0.1) is 0 Å². The van der Waals surface area contributed by atoms with Crippen molar-refractivity contribution in [3.8, 4) is 0 Å². The number of carbonyl (C=O) groups is 2. The van der Waals surface area contributed by atoms with Gasteiger partial charge in [-0.25, -0.2) is 8.78 Å². The lowest BCUT2D eigenvalue weighted by atomic mass is 10.0. The molecule has 138 valence electrons. The van der Waals surface area contributed by atoms with Gasteiger partial charge < -0.3 is 10.6 Å². The Morgan fingerprint density at radius 3 is 2.23 bits per heavy atom. The summed E-state index contributed by atoms with van der Waals surface area (Å²) in [6.07, 6.45) is 0. The summed E-state index contributed by atoms with van der Waals surface area (Å²) in [5, 5.41) is 5.54. The number of hydrogen-bond acceptors (Lipinski definition) is 2. The fraction of sp³-hybridized carbons (Fsp3) is 0.263. The van der Waals surface area contributed by atoms with E-state index >= 15 is 0 Å². The van der Waals surface area contributed by atoms with Crippen LogP contribution in [0.25, 0.3) is 0 Å². The monoisotopic (exact) mass is 380 g/mol. The van der Waals surface area contributed by atoms with Gasteiger partial charge >= 0.3 is 0 Å². The van der Waals surface area contributed by atoms with E-state index in [0.717, 1.165) is 23.8 Å². The molecule has 2 aromatic carbocycles. The summed E-state index contributed by atoms with van der Waals surface area (Å²) in [5.41, 5.74) is 0.598. The summed E-state index contributed by atoms with van der Waals surface area (Å²) < 4.78 is 27.5. The minimum absolute atomic E-state index is 0.310. The number of anilines is 1. The molecule has 0 heterocycles. The quantitative estimate of drug-likeness (QED) is 0.811. The smallest absolute Gasteiger partial charge is 0.257 e. The molecular formula is C19H19ClF2N2O2.